The van der Waals surface area contributed by atoms with E-state index in [9.17, 15) is 13.2 Å². The average Bonchev–Trinajstić information content (AvgIpc) is 3.11. The van der Waals surface area contributed by atoms with Crippen LogP contribution in [0.3, 0.4) is 0 Å². The zero-order valence-electron chi connectivity index (χ0n) is 11.1. The van der Waals surface area contributed by atoms with E-state index in [4.69, 9.17) is 5.73 Å². The van der Waals surface area contributed by atoms with E-state index in [-0.39, 0.29) is 16.6 Å². The Labute approximate surface area is 121 Å². The predicted molar refractivity (Wildman–Crippen MR) is 77.8 cm³/mol. The number of anilines is 1. The monoisotopic (exact) mass is 302 g/mol. The molecule has 0 amide bonds. The molecule has 0 aliphatic heterocycles. The highest BCUT2D eigenvalue weighted by Crippen LogP contribution is 2.36. The third kappa shape index (κ3) is 3.85. The second-order valence-corrected chi connectivity index (χ2v) is 5.79. The lowest BCUT2D eigenvalue weighted by Crippen LogP contribution is -2.20. The van der Waals surface area contributed by atoms with E-state index in [1.807, 2.05) is 6.92 Å². The molecule has 2 rings (SSSR count). The largest absolute Gasteiger partial charge is 0.417 e. The molecule has 2 nitrogen and oxygen atoms in total. The SMILES string of the molecule is CC(CC1CC1)Nc1ccc(C(N)=S)c(C(F)(F)F)c1. The first kappa shape index (κ1) is 15.1. The highest BCUT2D eigenvalue weighted by Gasteiger charge is 2.34. The van der Waals surface area contributed by atoms with Gasteiger partial charge < -0.3 is 11.1 Å². The summed E-state index contributed by atoms with van der Waals surface area (Å²) in [5.41, 5.74) is 4.88. The first-order valence-corrected chi connectivity index (χ1v) is 6.96. The van der Waals surface area contributed by atoms with Gasteiger partial charge in [-0.25, -0.2) is 0 Å². The lowest BCUT2D eigenvalue weighted by Gasteiger charge is -2.18. The maximum Gasteiger partial charge on any atom is 0.417 e. The molecule has 0 bridgehead atoms. The Bertz CT molecular complexity index is 510. The molecular formula is C14H17F3N2S. The third-order valence-electron chi connectivity index (χ3n) is 3.39. The number of nitrogens with one attached hydrogen (secondary N) is 1. The minimum atomic E-state index is -4.46. The maximum absolute atomic E-state index is 13.0. The van der Waals surface area contributed by atoms with Gasteiger partial charge in [-0.15, -0.1) is 0 Å². The topological polar surface area (TPSA) is 38.0 Å². The Morgan fingerprint density at radius 3 is 2.60 bits per heavy atom. The Morgan fingerprint density at radius 2 is 2.10 bits per heavy atom. The molecule has 6 heteroatoms. The van der Waals surface area contributed by atoms with Crippen molar-refractivity contribution in [1.29, 1.82) is 0 Å². The van der Waals surface area contributed by atoms with Crippen LogP contribution in [0, 0.1) is 5.92 Å². The first-order chi connectivity index (χ1) is 9.27. The van der Waals surface area contributed by atoms with Crippen molar-refractivity contribution in [3.05, 3.63) is 29.3 Å². The molecule has 1 aliphatic rings. The van der Waals surface area contributed by atoms with Crippen molar-refractivity contribution in [1.82, 2.24) is 0 Å². The molecule has 1 saturated carbocycles. The number of thiocarbonyl (C=S) groups is 1. The van der Waals surface area contributed by atoms with Crippen LogP contribution in [0.25, 0.3) is 0 Å². The Morgan fingerprint density at radius 1 is 1.45 bits per heavy atom. The molecule has 0 saturated heterocycles. The molecule has 0 aromatic heterocycles. The van der Waals surface area contributed by atoms with Crippen molar-refractivity contribution >= 4 is 22.9 Å². The second kappa shape index (κ2) is 5.60. The minimum Gasteiger partial charge on any atom is -0.389 e. The van der Waals surface area contributed by atoms with Gasteiger partial charge in [0.1, 0.15) is 4.99 Å². The summed E-state index contributed by atoms with van der Waals surface area (Å²) in [6, 6.07) is 4.15. The molecule has 20 heavy (non-hydrogen) atoms. The number of nitrogens with two attached hydrogens (primary N) is 1. The van der Waals surface area contributed by atoms with E-state index in [0.717, 1.165) is 18.4 Å². The number of halogens is 3. The zero-order chi connectivity index (χ0) is 14.9. The Hall–Kier alpha value is -1.30. The zero-order valence-corrected chi connectivity index (χ0v) is 11.9. The molecule has 1 fully saturated rings. The van der Waals surface area contributed by atoms with Gasteiger partial charge in [-0.3, -0.25) is 0 Å². The van der Waals surface area contributed by atoms with E-state index >= 15 is 0 Å². The quantitative estimate of drug-likeness (QED) is 0.809. The number of rotatable bonds is 5. The molecule has 1 unspecified atom stereocenters. The molecule has 3 N–H and O–H groups in total. The summed E-state index contributed by atoms with van der Waals surface area (Å²) in [4.78, 5) is -0.241. The standard InChI is InChI=1S/C14H17F3N2S/c1-8(6-9-2-3-9)19-10-4-5-11(13(18)20)12(7-10)14(15,16)17/h4-5,7-9,19H,2-3,6H2,1H3,(H2,18,20). The molecule has 1 aromatic rings. The van der Waals surface area contributed by atoms with Crippen molar-refractivity contribution in [2.45, 2.75) is 38.4 Å². The lowest BCUT2D eigenvalue weighted by atomic mass is 10.0. The average molecular weight is 302 g/mol. The molecule has 0 spiro atoms. The van der Waals surface area contributed by atoms with Crippen molar-refractivity contribution < 1.29 is 13.2 Å². The van der Waals surface area contributed by atoms with Gasteiger partial charge in [-0.05, 0) is 37.5 Å². The van der Waals surface area contributed by atoms with Crippen LogP contribution in [0.1, 0.15) is 37.3 Å². The van der Waals surface area contributed by atoms with Crippen LogP contribution >= 0.6 is 12.2 Å². The van der Waals surface area contributed by atoms with E-state index in [0.29, 0.717) is 5.69 Å². The second-order valence-electron chi connectivity index (χ2n) is 5.35. The van der Waals surface area contributed by atoms with Gasteiger partial charge in [0.2, 0.25) is 0 Å². The van der Waals surface area contributed by atoms with Gasteiger partial charge in [0.15, 0.2) is 0 Å². The fourth-order valence-corrected chi connectivity index (χ4v) is 2.46. The third-order valence-corrected chi connectivity index (χ3v) is 3.61. The van der Waals surface area contributed by atoms with E-state index in [2.05, 4.69) is 17.5 Å². The van der Waals surface area contributed by atoms with Gasteiger partial charge >= 0.3 is 6.18 Å². The summed E-state index contributed by atoms with van der Waals surface area (Å²) < 4.78 is 39.0. The molecule has 1 aliphatic carbocycles. The number of hydrogen-bond acceptors (Lipinski definition) is 2. The van der Waals surface area contributed by atoms with Gasteiger partial charge in [-0.1, -0.05) is 25.1 Å². The van der Waals surface area contributed by atoms with Crippen LogP contribution in [-0.2, 0) is 6.18 Å². The van der Waals surface area contributed by atoms with E-state index in [1.165, 1.54) is 18.9 Å². The van der Waals surface area contributed by atoms with Gasteiger partial charge in [0, 0.05) is 17.3 Å². The lowest BCUT2D eigenvalue weighted by molar-refractivity contribution is -0.137. The van der Waals surface area contributed by atoms with Crippen molar-refractivity contribution in [3.63, 3.8) is 0 Å². The normalized spacial score (nSPS) is 16.8. The van der Waals surface area contributed by atoms with Crippen LogP contribution in [0.5, 0.6) is 0 Å². The van der Waals surface area contributed by atoms with Crippen LogP contribution < -0.4 is 11.1 Å². The highest BCUT2D eigenvalue weighted by atomic mass is 32.1. The summed E-state index contributed by atoms with van der Waals surface area (Å²) in [6.07, 6.45) is -1.03. The molecule has 0 heterocycles. The summed E-state index contributed by atoms with van der Waals surface area (Å²) in [7, 11) is 0. The summed E-state index contributed by atoms with van der Waals surface area (Å²) >= 11 is 4.67. The number of alkyl halides is 3. The van der Waals surface area contributed by atoms with Crippen LogP contribution in [0.15, 0.2) is 18.2 Å². The smallest absolute Gasteiger partial charge is 0.389 e. The fraction of sp³-hybridized carbons (Fsp3) is 0.500. The minimum absolute atomic E-state index is 0.132. The van der Waals surface area contributed by atoms with Gasteiger partial charge in [0.25, 0.3) is 0 Å². The van der Waals surface area contributed by atoms with Crippen LogP contribution in [0.2, 0.25) is 0 Å². The molecule has 1 atom stereocenters. The summed E-state index contributed by atoms with van der Waals surface area (Å²) in [5.74, 6) is 0.718. The number of benzene rings is 1. The van der Waals surface area contributed by atoms with Crippen molar-refractivity contribution in [2.24, 2.45) is 11.7 Å². The maximum atomic E-state index is 13.0. The highest BCUT2D eigenvalue weighted by molar-refractivity contribution is 7.80. The fourth-order valence-electron chi connectivity index (χ4n) is 2.28. The molecule has 0 radical (unpaired) electrons. The first-order valence-electron chi connectivity index (χ1n) is 6.55. The summed E-state index contributed by atoms with van der Waals surface area (Å²) in [5, 5.41) is 3.11. The van der Waals surface area contributed by atoms with Crippen molar-refractivity contribution in [3.8, 4) is 0 Å². The van der Waals surface area contributed by atoms with Gasteiger partial charge in [0.05, 0.1) is 5.56 Å². The van der Waals surface area contributed by atoms with Gasteiger partial charge in [-0.2, -0.15) is 13.2 Å². The molecule has 110 valence electrons. The number of hydrogen-bond donors (Lipinski definition) is 2. The molecule has 1 aromatic carbocycles. The van der Waals surface area contributed by atoms with Crippen LogP contribution in [0.4, 0.5) is 18.9 Å². The van der Waals surface area contributed by atoms with E-state index < -0.39 is 11.7 Å². The van der Waals surface area contributed by atoms with Crippen LogP contribution in [-0.4, -0.2) is 11.0 Å². The van der Waals surface area contributed by atoms with E-state index in [1.54, 1.807) is 6.07 Å². The summed E-state index contributed by atoms with van der Waals surface area (Å²) in [6.45, 7) is 1.98. The Balaban J connectivity index is 2.20. The molecular weight excluding hydrogens is 285 g/mol. The predicted octanol–water partition coefficient (Wildman–Crippen LogP) is 3.94. The Kier molecular flexibility index (Phi) is 4.22. The van der Waals surface area contributed by atoms with Crippen molar-refractivity contribution in [2.75, 3.05) is 5.32 Å².